The Balaban J connectivity index is 1.94. The van der Waals surface area contributed by atoms with Gasteiger partial charge >= 0.3 is 0 Å². The molecule has 2 heterocycles. The van der Waals surface area contributed by atoms with Crippen molar-refractivity contribution in [2.45, 2.75) is 39.4 Å². The van der Waals surface area contributed by atoms with Crippen LogP contribution in [0.5, 0.6) is 0 Å². The number of aromatic nitrogens is 3. The molecule has 2 aromatic rings. The van der Waals surface area contributed by atoms with Crippen molar-refractivity contribution in [1.29, 1.82) is 0 Å². The number of nitrogens with zero attached hydrogens (tertiary/aromatic N) is 3. The monoisotopic (exact) mass is 268 g/mol. The second-order valence-electron chi connectivity index (χ2n) is 5.24. The SMILES string of the molecule is CC(C)(C)NCc1cc(Cn2cc(Cl)cn2)on1. The average Bonchev–Trinajstić information content (AvgIpc) is 2.85. The first kappa shape index (κ1) is 13.1. The maximum Gasteiger partial charge on any atom is 0.158 e. The highest BCUT2D eigenvalue weighted by atomic mass is 35.5. The first-order chi connectivity index (χ1) is 8.42. The van der Waals surface area contributed by atoms with Crippen molar-refractivity contribution in [2.24, 2.45) is 0 Å². The fourth-order valence-electron chi connectivity index (χ4n) is 1.45. The summed E-state index contributed by atoms with van der Waals surface area (Å²) in [4.78, 5) is 0. The summed E-state index contributed by atoms with van der Waals surface area (Å²) < 4.78 is 6.96. The molecule has 0 unspecified atom stereocenters. The predicted octanol–water partition coefficient (Wildman–Crippen LogP) is 2.46. The molecule has 2 rings (SSSR count). The molecule has 98 valence electrons. The quantitative estimate of drug-likeness (QED) is 0.925. The molecule has 0 bridgehead atoms. The van der Waals surface area contributed by atoms with Crippen molar-refractivity contribution in [2.75, 3.05) is 0 Å². The molecule has 0 saturated heterocycles. The van der Waals surface area contributed by atoms with Gasteiger partial charge in [-0.05, 0) is 20.8 Å². The van der Waals surface area contributed by atoms with E-state index in [-0.39, 0.29) is 5.54 Å². The largest absolute Gasteiger partial charge is 0.359 e. The van der Waals surface area contributed by atoms with E-state index in [0.29, 0.717) is 18.1 Å². The van der Waals surface area contributed by atoms with Crippen molar-refractivity contribution in [3.8, 4) is 0 Å². The van der Waals surface area contributed by atoms with Gasteiger partial charge in [0.15, 0.2) is 5.76 Å². The van der Waals surface area contributed by atoms with Crippen LogP contribution in [0.2, 0.25) is 5.02 Å². The van der Waals surface area contributed by atoms with E-state index in [4.69, 9.17) is 16.1 Å². The van der Waals surface area contributed by atoms with Gasteiger partial charge in [0.25, 0.3) is 0 Å². The second kappa shape index (κ2) is 5.12. The lowest BCUT2D eigenvalue weighted by Crippen LogP contribution is -2.35. The van der Waals surface area contributed by atoms with Gasteiger partial charge in [-0.25, -0.2) is 0 Å². The van der Waals surface area contributed by atoms with Crippen molar-refractivity contribution in [1.82, 2.24) is 20.3 Å². The van der Waals surface area contributed by atoms with Gasteiger partial charge in [-0.1, -0.05) is 16.8 Å². The number of hydrogen-bond acceptors (Lipinski definition) is 4. The van der Waals surface area contributed by atoms with Gasteiger partial charge < -0.3 is 9.84 Å². The molecule has 0 spiro atoms. The van der Waals surface area contributed by atoms with Crippen molar-refractivity contribution in [3.05, 3.63) is 34.9 Å². The van der Waals surface area contributed by atoms with Crippen LogP contribution in [0.15, 0.2) is 23.0 Å². The van der Waals surface area contributed by atoms with Gasteiger partial charge in [0.05, 0.1) is 16.9 Å². The third-order valence-electron chi connectivity index (χ3n) is 2.33. The molecule has 0 saturated carbocycles. The highest BCUT2D eigenvalue weighted by molar-refractivity contribution is 6.30. The Labute approximate surface area is 111 Å². The maximum absolute atomic E-state index is 5.79. The molecule has 0 fully saturated rings. The lowest BCUT2D eigenvalue weighted by Gasteiger charge is -2.19. The zero-order valence-corrected chi connectivity index (χ0v) is 11.5. The summed E-state index contributed by atoms with van der Waals surface area (Å²) in [6, 6.07) is 1.92. The summed E-state index contributed by atoms with van der Waals surface area (Å²) in [6.07, 6.45) is 3.34. The number of rotatable bonds is 4. The summed E-state index contributed by atoms with van der Waals surface area (Å²) in [5.74, 6) is 0.764. The van der Waals surface area contributed by atoms with Gasteiger partial charge in [-0.15, -0.1) is 0 Å². The van der Waals surface area contributed by atoms with Gasteiger partial charge in [-0.2, -0.15) is 5.10 Å². The summed E-state index contributed by atoms with van der Waals surface area (Å²) in [7, 11) is 0. The minimum atomic E-state index is 0.0641. The molecule has 0 aliphatic carbocycles. The van der Waals surface area contributed by atoms with E-state index in [0.717, 1.165) is 11.5 Å². The standard InChI is InChI=1S/C12H17ClN4O/c1-12(2,3)14-6-10-4-11(18-16-10)8-17-7-9(13)5-15-17/h4-5,7,14H,6,8H2,1-3H3. The zero-order chi connectivity index (χ0) is 13.2. The normalized spacial score (nSPS) is 12.0. The van der Waals surface area contributed by atoms with Crippen molar-refractivity contribution in [3.63, 3.8) is 0 Å². The maximum atomic E-state index is 5.79. The molecule has 5 nitrogen and oxygen atoms in total. The third-order valence-corrected chi connectivity index (χ3v) is 2.52. The van der Waals surface area contributed by atoms with Crippen LogP contribution >= 0.6 is 11.6 Å². The molecule has 1 N–H and O–H groups in total. The third kappa shape index (κ3) is 3.85. The fourth-order valence-corrected chi connectivity index (χ4v) is 1.61. The molecule has 0 radical (unpaired) electrons. The van der Waals surface area contributed by atoms with Crippen LogP contribution in [0.25, 0.3) is 0 Å². The molecule has 18 heavy (non-hydrogen) atoms. The van der Waals surface area contributed by atoms with E-state index in [9.17, 15) is 0 Å². The Morgan fingerprint density at radius 1 is 1.44 bits per heavy atom. The number of halogens is 1. The van der Waals surface area contributed by atoms with Crippen LogP contribution in [-0.4, -0.2) is 20.5 Å². The Kier molecular flexibility index (Phi) is 3.73. The van der Waals surface area contributed by atoms with Crippen molar-refractivity contribution < 1.29 is 4.52 Å². The van der Waals surface area contributed by atoms with Gasteiger partial charge in [0, 0.05) is 24.3 Å². The summed E-state index contributed by atoms with van der Waals surface area (Å²) in [5.41, 5.74) is 0.951. The highest BCUT2D eigenvalue weighted by Crippen LogP contribution is 2.10. The fraction of sp³-hybridized carbons (Fsp3) is 0.500. The minimum absolute atomic E-state index is 0.0641. The van der Waals surface area contributed by atoms with Crippen LogP contribution in [0.1, 0.15) is 32.2 Å². The first-order valence-corrected chi connectivity index (χ1v) is 6.18. The molecule has 2 aromatic heterocycles. The Bertz CT molecular complexity index is 512. The van der Waals surface area contributed by atoms with Gasteiger partial charge in [-0.3, -0.25) is 4.68 Å². The van der Waals surface area contributed by atoms with Crippen molar-refractivity contribution >= 4 is 11.6 Å². The smallest absolute Gasteiger partial charge is 0.158 e. The van der Waals surface area contributed by atoms with Crippen LogP contribution in [0.4, 0.5) is 0 Å². The lowest BCUT2D eigenvalue weighted by atomic mass is 10.1. The molecular weight excluding hydrogens is 252 g/mol. The van der Waals surface area contributed by atoms with Crippen LogP contribution in [-0.2, 0) is 13.1 Å². The Morgan fingerprint density at radius 3 is 2.83 bits per heavy atom. The Morgan fingerprint density at radius 2 is 2.22 bits per heavy atom. The van der Waals surface area contributed by atoms with E-state index in [1.165, 1.54) is 0 Å². The Hall–Kier alpha value is -1.33. The number of hydrogen-bond donors (Lipinski definition) is 1. The molecule has 0 aliphatic heterocycles. The summed E-state index contributed by atoms with van der Waals surface area (Å²) in [5, 5.41) is 12.1. The van der Waals surface area contributed by atoms with Crippen LogP contribution < -0.4 is 5.32 Å². The summed E-state index contributed by atoms with van der Waals surface area (Å²) in [6.45, 7) is 7.56. The minimum Gasteiger partial charge on any atom is -0.359 e. The molecular formula is C12H17ClN4O. The average molecular weight is 269 g/mol. The van der Waals surface area contributed by atoms with E-state index in [1.807, 2.05) is 6.07 Å². The topological polar surface area (TPSA) is 55.9 Å². The van der Waals surface area contributed by atoms with Gasteiger partial charge in [0.1, 0.15) is 6.54 Å². The van der Waals surface area contributed by atoms with E-state index >= 15 is 0 Å². The number of nitrogens with one attached hydrogen (secondary N) is 1. The van der Waals surface area contributed by atoms with Gasteiger partial charge in [0.2, 0.25) is 0 Å². The van der Waals surface area contributed by atoms with E-state index in [1.54, 1.807) is 17.1 Å². The first-order valence-electron chi connectivity index (χ1n) is 5.80. The molecule has 0 atom stereocenters. The highest BCUT2D eigenvalue weighted by Gasteiger charge is 2.11. The van der Waals surface area contributed by atoms with Crippen LogP contribution in [0, 0.1) is 0 Å². The molecule has 0 aliphatic rings. The molecule has 0 amide bonds. The molecule has 6 heteroatoms. The predicted molar refractivity (Wildman–Crippen MR) is 69.4 cm³/mol. The summed E-state index contributed by atoms with van der Waals surface area (Å²) >= 11 is 5.79. The van der Waals surface area contributed by atoms with E-state index in [2.05, 4.69) is 36.3 Å². The molecule has 0 aromatic carbocycles. The van der Waals surface area contributed by atoms with Crippen LogP contribution in [0.3, 0.4) is 0 Å². The second-order valence-corrected chi connectivity index (χ2v) is 5.68. The zero-order valence-electron chi connectivity index (χ0n) is 10.8. The lowest BCUT2D eigenvalue weighted by molar-refractivity contribution is 0.357. The van der Waals surface area contributed by atoms with E-state index < -0.39 is 0 Å².